The maximum absolute atomic E-state index is 12.4. The molecule has 0 spiro atoms. The number of carbonyl (C=O) groups is 1. The molecule has 4 rings (SSSR count). The van der Waals surface area contributed by atoms with E-state index >= 15 is 0 Å². The second kappa shape index (κ2) is 8.24. The molecule has 140 valence electrons. The molecule has 0 saturated carbocycles. The summed E-state index contributed by atoms with van der Waals surface area (Å²) < 4.78 is 5.58. The summed E-state index contributed by atoms with van der Waals surface area (Å²) in [5.41, 5.74) is 4.50. The van der Waals surface area contributed by atoms with Gasteiger partial charge in [0.2, 0.25) is 0 Å². The van der Waals surface area contributed by atoms with Crippen molar-refractivity contribution >= 4 is 12.0 Å². The number of fused-ring (bicyclic) bond motifs is 1. The fraction of sp³-hybridized carbons (Fsp3) is 0.160. The second-order valence-corrected chi connectivity index (χ2v) is 7.03. The third-order valence-electron chi connectivity index (χ3n) is 5.19. The highest BCUT2D eigenvalue weighted by molar-refractivity contribution is 5.89. The van der Waals surface area contributed by atoms with Crippen LogP contribution in [0, 0.1) is 5.92 Å². The Morgan fingerprint density at radius 3 is 2.25 bits per heavy atom. The van der Waals surface area contributed by atoms with Gasteiger partial charge < -0.3 is 9.84 Å². The largest absolute Gasteiger partial charge is 0.458 e. The first-order chi connectivity index (χ1) is 13.7. The van der Waals surface area contributed by atoms with Crippen molar-refractivity contribution in [2.75, 3.05) is 6.61 Å². The van der Waals surface area contributed by atoms with E-state index in [-0.39, 0.29) is 18.5 Å². The van der Waals surface area contributed by atoms with Crippen LogP contribution in [0.5, 0.6) is 0 Å². The van der Waals surface area contributed by atoms with Crippen molar-refractivity contribution in [3.63, 3.8) is 0 Å². The minimum Gasteiger partial charge on any atom is -0.458 e. The number of ether oxygens (including phenoxy) is 1. The molecule has 1 aliphatic carbocycles. The molecule has 0 fully saturated rings. The molecule has 0 saturated heterocycles. The first-order valence-electron chi connectivity index (χ1n) is 9.46. The number of hydrogen-bond donors (Lipinski definition) is 1. The summed E-state index contributed by atoms with van der Waals surface area (Å²) in [6.45, 7) is 0.163. The first-order valence-corrected chi connectivity index (χ1v) is 9.46. The van der Waals surface area contributed by atoms with Crippen molar-refractivity contribution in [1.82, 2.24) is 0 Å². The van der Waals surface area contributed by atoms with Gasteiger partial charge >= 0.3 is 5.97 Å². The Kier molecular flexibility index (Phi) is 5.36. The summed E-state index contributed by atoms with van der Waals surface area (Å²) in [5, 5.41) is 11.1. The highest BCUT2D eigenvalue weighted by atomic mass is 16.5. The molecule has 1 aliphatic rings. The third-order valence-corrected chi connectivity index (χ3v) is 5.19. The minimum absolute atomic E-state index is 0.138. The fourth-order valence-electron chi connectivity index (χ4n) is 3.70. The lowest BCUT2D eigenvalue weighted by molar-refractivity contribution is 0.0504. The Morgan fingerprint density at radius 1 is 0.857 bits per heavy atom. The lowest BCUT2D eigenvalue weighted by Gasteiger charge is -2.31. The summed E-state index contributed by atoms with van der Waals surface area (Å²) in [4.78, 5) is 12.4. The smallest absolute Gasteiger partial charge is 0.338 e. The molecule has 0 amide bonds. The molecule has 0 aromatic heterocycles. The van der Waals surface area contributed by atoms with Gasteiger partial charge in [-0.15, -0.1) is 0 Å². The monoisotopic (exact) mass is 370 g/mol. The van der Waals surface area contributed by atoms with Crippen molar-refractivity contribution < 1.29 is 14.6 Å². The van der Waals surface area contributed by atoms with E-state index in [1.54, 1.807) is 12.1 Å². The molecule has 2 atom stereocenters. The molecule has 1 N–H and O–H groups in total. The number of esters is 1. The van der Waals surface area contributed by atoms with E-state index in [9.17, 15) is 9.90 Å². The molecule has 0 heterocycles. The van der Waals surface area contributed by atoms with Gasteiger partial charge in [-0.1, -0.05) is 78.9 Å². The van der Waals surface area contributed by atoms with Crippen LogP contribution in [-0.2, 0) is 11.2 Å². The highest BCUT2D eigenvalue weighted by Crippen LogP contribution is 2.38. The fourth-order valence-corrected chi connectivity index (χ4v) is 3.70. The zero-order valence-corrected chi connectivity index (χ0v) is 15.5. The van der Waals surface area contributed by atoms with Crippen LogP contribution >= 0.6 is 0 Å². The van der Waals surface area contributed by atoms with Gasteiger partial charge in [0.05, 0.1) is 11.7 Å². The van der Waals surface area contributed by atoms with Crippen molar-refractivity contribution in [3.05, 3.63) is 113 Å². The number of aliphatic hydroxyl groups is 1. The Labute approximate surface area is 164 Å². The number of carbonyl (C=O) groups excluding carboxylic acids is 1. The Balaban J connectivity index is 1.59. The number of aliphatic hydroxyl groups excluding tert-OH is 1. The molecular weight excluding hydrogens is 348 g/mol. The predicted molar refractivity (Wildman–Crippen MR) is 110 cm³/mol. The van der Waals surface area contributed by atoms with Crippen molar-refractivity contribution in [1.29, 1.82) is 0 Å². The van der Waals surface area contributed by atoms with Gasteiger partial charge in [0, 0.05) is 5.92 Å². The maximum atomic E-state index is 12.4. The standard InChI is InChI=1S/C25H22O3/c26-24-22-14-8-7-13-20(22)16-21(23(24)15-18-9-3-1-4-10-18)17-28-25(27)19-11-5-2-6-12-19/h1-14,16,23-24,26H,15,17H2/t23-,24+/m0/s1. The van der Waals surface area contributed by atoms with Crippen LogP contribution in [0.15, 0.2) is 90.5 Å². The van der Waals surface area contributed by atoms with Crippen LogP contribution in [-0.4, -0.2) is 17.7 Å². The number of benzene rings is 3. The van der Waals surface area contributed by atoms with Gasteiger partial charge in [0.25, 0.3) is 0 Å². The van der Waals surface area contributed by atoms with E-state index in [1.165, 1.54) is 0 Å². The molecule has 3 nitrogen and oxygen atoms in total. The summed E-state index contributed by atoms with van der Waals surface area (Å²) >= 11 is 0. The topological polar surface area (TPSA) is 46.5 Å². The van der Waals surface area contributed by atoms with Crippen molar-refractivity contribution in [2.45, 2.75) is 12.5 Å². The first kappa shape index (κ1) is 18.2. The summed E-state index contributed by atoms with van der Waals surface area (Å²) in [6, 6.07) is 26.9. The zero-order valence-electron chi connectivity index (χ0n) is 15.5. The van der Waals surface area contributed by atoms with Crippen LogP contribution in [0.1, 0.15) is 33.2 Å². The highest BCUT2D eigenvalue weighted by Gasteiger charge is 2.30. The molecule has 0 bridgehead atoms. The molecule has 3 heteroatoms. The molecule has 0 unspecified atom stereocenters. The van der Waals surface area contributed by atoms with E-state index in [1.807, 2.05) is 66.7 Å². The Bertz CT molecular complexity index is 977. The van der Waals surface area contributed by atoms with Gasteiger partial charge in [-0.3, -0.25) is 0 Å². The molecule has 0 aliphatic heterocycles. The van der Waals surface area contributed by atoms with E-state index in [4.69, 9.17) is 4.74 Å². The third kappa shape index (κ3) is 3.90. The SMILES string of the molecule is O=C(OCC1=Cc2ccccc2[C@@H](O)[C@H]1Cc1ccccc1)c1ccccc1. The summed E-state index contributed by atoms with van der Waals surface area (Å²) in [7, 11) is 0. The van der Waals surface area contributed by atoms with Gasteiger partial charge in [-0.2, -0.15) is 0 Å². The molecule has 3 aromatic rings. The Morgan fingerprint density at radius 2 is 1.50 bits per heavy atom. The maximum Gasteiger partial charge on any atom is 0.338 e. The van der Waals surface area contributed by atoms with E-state index < -0.39 is 6.10 Å². The average molecular weight is 370 g/mol. The van der Waals surface area contributed by atoms with Gasteiger partial charge in [0.15, 0.2) is 0 Å². The summed E-state index contributed by atoms with van der Waals surface area (Å²) in [5.74, 6) is -0.491. The van der Waals surface area contributed by atoms with Gasteiger partial charge in [-0.05, 0) is 40.8 Å². The molecule has 28 heavy (non-hydrogen) atoms. The van der Waals surface area contributed by atoms with Crippen molar-refractivity contribution in [2.24, 2.45) is 5.92 Å². The van der Waals surface area contributed by atoms with Gasteiger partial charge in [0.1, 0.15) is 6.61 Å². The normalized spacial score (nSPS) is 18.1. The average Bonchev–Trinajstić information content (AvgIpc) is 2.75. The van der Waals surface area contributed by atoms with Crippen LogP contribution in [0.3, 0.4) is 0 Å². The second-order valence-electron chi connectivity index (χ2n) is 7.03. The van der Waals surface area contributed by atoms with Crippen molar-refractivity contribution in [3.8, 4) is 0 Å². The molecule has 0 radical (unpaired) electrons. The van der Waals surface area contributed by atoms with E-state index in [0.717, 1.165) is 22.3 Å². The lowest BCUT2D eigenvalue weighted by Crippen LogP contribution is -2.25. The number of hydrogen-bond acceptors (Lipinski definition) is 3. The van der Waals surface area contributed by atoms with E-state index in [0.29, 0.717) is 12.0 Å². The molecule has 3 aromatic carbocycles. The predicted octanol–water partition coefficient (Wildman–Crippen LogP) is 4.83. The summed E-state index contributed by atoms with van der Waals surface area (Å²) in [6.07, 6.45) is 2.10. The van der Waals surface area contributed by atoms with Crippen LogP contribution < -0.4 is 0 Å². The Hall–Kier alpha value is -3.17. The van der Waals surface area contributed by atoms with Crippen LogP contribution in [0.2, 0.25) is 0 Å². The number of rotatable bonds is 5. The van der Waals surface area contributed by atoms with Gasteiger partial charge in [-0.25, -0.2) is 4.79 Å². The lowest BCUT2D eigenvalue weighted by atomic mass is 9.78. The quantitative estimate of drug-likeness (QED) is 0.654. The van der Waals surface area contributed by atoms with Crippen LogP contribution in [0.25, 0.3) is 6.08 Å². The van der Waals surface area contributed by atoms with E-state index in [2.05, 4.69) is 12.1 Å². The molecular formula is C25H22O3. The zero-order chi connectivity index (χ0) is 19.3. The van der Waals surface area contributed by atoms with Crippen LogP contribution in [0.4, 0.5) is 0 Å². The minimum atomic E-state index is -0.633.